The van der Waals surface area contributed by atoms with Crippen molar-refractivity contribution in [3.8, 4) is 0 Å². The van der Waals surface area contributed by atoms with Crippen LogP contribution in [0.2, 0.25) is 0 Å². The third-order valence-electron chi connectivity index (χ3n) is 1.87. The number of benzene rings is 1. The molecule has 0 atom stereocenters. The molecule has 0 bridgehead atoms. The highest BCUT2D eigenvalue weighted by atomic mass is 79.9. The zero-order chi connectivity index (χ0) is 12.5. The maximum Gasteiger partial charge on any atom is 0.416 e. The highest BCUT2D eigenvalue weighted by Crippen LogP contribution is 2.37. The molecule has 0 heterocycles. The first kappa shape index (κ1) is 12.9. The molecule has 0 aliphatic heterocycles. The van der Waals surface area contributed by atoms with Crippen molar-refractivity contribution >= 4 is 21.6 Å². The second kappa shape index (κ2) is 4.38. The highest BCUT2D eigenvalue weighted by Gasteiger charge is 2.33. The predicted octanol–water partition coefficient (Wildman–Crippen LogP) is 2.83. The predicted molar refractivity (Wildman–Crippen MR) is 53.7 cm³/mol. The van der Waals surface area contributed by atoms with Crippen LogP contribution in [0, 0.1) is 10.1 Å². The molecule has 0 fully saturated rings. The Labute approximate surface area is 96.5 Å². The Hall–Kier alpha value is -1.15. The van der Waals surface area contributed by atoms with E-state index in [2.05, 4.69) is 15.9 Å². The van der Waals surface area contributed by atoms with Gasteiger partial charge in [-0.25, -0.2) is 0 Å². The molecule has 0 amide bonds. The number of nitro benzene ring substituents is 1. The second-order valence-corrected chi connectivity index (χ2v) is 3.78. The maximum atomic E-state index is 12.4. The van der Waals surface area contributed by atoms with Crippen LogP contribution in [-0.2, 0) is 12.7 Å². The molecule has 0 saturated heterocycles. The smallest absolute Gasteiger partial charge is 0.326 e. The summed E-state index contributed by atoms with van der Waals surface area (Å²) in [5, 5.41) is 10.6. The Morgan fingerprint density at radius 1 is 1.44 bits per heavy atom. The van der Waals surface area contributed by atoms with Gasteiger partial charge in [-0.3, -0.25) is 10.1 Å². The molecular weight excluding hydrogens is 293 g/mol. The average Bonchev–Trinajstić information content (AvgIpc) is 2.14. The van der Waals surface area contributed by atoms with Crippen LogP contribution >= 0.6 is 15.9 Å². The van der Waals surface area contributed by atoms with Gasteiger partial charge in [0, 0.05) is 12.1 Å². The number of nitrogens with zero attached hydrogens (tertiary/aromatic N) is 1. The quantitative estimate of drug-likeness (QED) is 0.674. The summed E-state index contributed by atoms with van der Waals surface area (Å²) in [4.78, 5) is 9.83. The molecule has 1 aromatic carbocycles. The van der Waals surface area contributed by atoms with Gasteiger partial charge in [0.1, 0.15) is 0 Å². The van der Waals surface area contributed by atoms with Crippen LogP contribution < -0.4 is 5.73 Å². The molecule has 8 heteroatoms. The van der Waals surface area contributed by atoms with E-state index in [4.69, 9.17) is 5.73 Å². The van der Waals surface area contributed by atoms with E-state index in [0.717, 1.165) is 0 Å². The molecule has 2 N–H and O–H groups in total. The third-order valence-corrected chi connectivity index (χ3v) is 2.48. The van der Waals surface area contributed by atoms with E-state index < -0.39 is 22.4 Å². The zero-order valence-corrected chi connectivity index (χ0v) is 9.30. The highest BCUT2D eigenvalue weighted by molar-refractivity contribution is 9.10. The summed E-state index contributed by atoms with van der Waals surface area (Å²) in [6.07, 6.45) is -4.55. The van der Waals surface area contributed by atoms with E-state index in [1.165, 1.54) is 0 Å². The first-order valence-corrected chi connectivity index (χ1v) is 4.80. The van der Waals surface area contributed by atoms with E-state index in [0.29, 0.717) is 12.1 Å². The van der Waals surface area contributed by atoms with Crippen molar-refractivity contribution in [3.63, 3.8) is 0 Å². The van der Waals surface area contributed by atoms with Crippen LogP contribution in [-0.4, -0.2) is 4.92 Å². The summed E-state index contributed by atoms with van der Waals surface area (Å²) < 4.78 is 36.9. The van der Waals surface area contributed by atoms with E-state index in [1.807, 2.05) is 0 Å². The summed E-state index contributed by atoms with van der Waals surface area (Å²) in [6.45, 7) is -0.334. The lowest BCUT2D eigenvalue weighted by Gasteiger charge is -2.09. The van der Waals surface area contributed by atoms with Gasteiger partial charge in [0.15, 0.2) is 0 Å². The third kappa shape index (κ3) is 2.50. The molecule has 16 heavy (non-hydrogen) atoms. The Morgan fingerprint density at radius 2 is 2.00 bits per heavy atom. The van der Waals surface area contributed by atoms with Crippen LogP contribution in [0.4, 0.5) is 18.9 Å². The molecule has 0 aliphatic rings. The molecule has 0 unspecified atom stereocenters. The normalized spacial score (nSPS) is 11.6. The molecule has 88 valence electrons. The van der Waals surface area contributed by atoms with E-state index in [-0.39, 0.29) is 16.6 Å². The topological polar surface area (TPSA) is 69.2 Å². The Kier molecular flexibility index (Phi) is 3.54. The van der Waals surface area contributed by atoms with E-state index in [9.17, 15) is 23.3 Å². The lowest BCUT2D eigenvalue weighted by Crippen LogP contribution is -2.09. The second-order valence-electron chi connectivity index (χ2n) is 2.92. The Bertz CT molecular complexity index is 434. The maximum absolute atomic E-state index is 12.4. The van der Waals surface area contributed by atoms with Crippen LogP contribution in [0.1, 0.15) is 11.1 Å². The number of hydrogen-bond acceptors (Lipinski definition) is 3. The van der Waals surface area contributed by atoms with Crippen LogP contribution in [0.3, 0.4) is 0 Å². The summed E-state index contributed by atoms with van der Waals surface area (Å²) >= 11 is 2.73. The largest absolute Gasteiger partial charge is 0.416 e. The minimum Gasteiger partial charge on any atom is -0.326 e. The van der Waals surface area contributed by atoms with Crippen molar-refractivity contribution in [2.45, 2.75) is 12.7 Å². The van der Waals surface area contributed by atoms with Crippen molar-refractivity contribution in [2.75, 3.05) is 0 Å². The Balaban J connectivity index is 3.44. The summed E-state index contributed by atoms with van der Waals surface area (Å²) in [7, 11) is 0. The van der Waals surface area contributed by atoms with Crippen molar-refractivity contribution in [1.29, 1.82) is 0 Å². The van der Waals surface area contributed by atoms with Gasteiger partial charge in [-0.05, 0) is 28.1 Å². The standard InChI is InChI=1S/C8H6BrF3N2O2/c9-6-2-5(8(10,11)12)1-4(3-13)7(6)14(15)16/h1-2H,3,13H2. The molecule has 4 nitrogen and oxygen atoms in total. The summed E-state index contributed by atoms with van der Waals surface area (Å²) in [5.74, 6) is 0. The number of alkyl halides is 3. The van der Waals surface area contributed by atoms with E-state index >= 15 is 0 Å². The number of hydrogen-bond donors (Lipinski definition) is 1. The molecule has 0 saturated carbocycles. The fourth-order valence-electron chi connectivity index (χ4n) is 1.18. The van der Waals surface area contributed by atoms with Crippen molar-refractivity contribution < 1.29 is 18.1 Å². The average molecular weight is 299 g/mol. The van der Waals surface area contributed by atoms with Crippen molar-refractivity contribution in [1.82, 2.24) is 0 Å². The zero-order valence-electron chi connectivity index (χ0n) is 7.71. The lowest BCUT2D eigenvalue weighted by molar-refractivity contribution is -0.386. The van der Waals surface area contributed by atoms with Gasteiger partial charge in [0.2, 0.25) is 0 Å². The molecule has 1 aromatic rings. The van der Waals surface area contributed by atoms with Crippen molar-refractivity contribution in [2.24, 2.45) is 5.73 Å². The van der Waals surface area contributed by atoms with Gasteiger partial charge in [0.25, 0.3) is 5.69 Å². The first-order chi connectivity index (χ1) is 7.27. The molecule has 1 rings (SSSR count). The molecular formula is C8H6BrF3N2O2. The lowest BCUT2D eigenvalue weighted by atomic mass is 10.1. The van der Waals surface area contributed by atoms with Gasteiger partial charge in [-0.15, -0.1) is 0 Å². The SMILES string of the molecule is NCc1cc(C(F)(F)F)cc(Br)c1[N+](=O)[O-]. The first-order valence-electron chi connectivity index (χ1n) is 4.01. The number of nitrogens with two attached hydrogens (primary N) is 1. The van der Waals surface area contributed by atoms with E-state index in [1.54, 1.807) is 0 Å². The fourth-order valence-corrected chi connectivity index (χ4v) is 1.83. The minimum absolute atomic E-state index is 0.160. The van der Waals surface area contributed by atoms with Gasteiger partial charge in [-0.1, -0.05) is 0 Å². The number of nitro groups is 1. The Morgan fingerprint density at radius 3 is 2.38 bits per heavy atom. The van der Waals surface area contributed by atoms with Gasteiger partial charge in [0.05, 0.1) is 15.0 Å². The van der Waals surface area contributed by atoms with Gasteiger partial charge < -0.3 is 5.73 Å². The van der Waals surface area contributed by atoms with Crippen molar-refractivity contribution in [3.05, 3.63) is 37.8 Å². The van der Waals surface area contributed by atoms with Gasteiger partial charge >= 0.3 is 6.18 Å². The fraction of sp³-hybridized carbons (Fsp3) is 0.250. The summed E-state index contributed by atoms with van der Waals surface area (Å²) in [5.41, 5.74) is 3.61. The van der Waals surface area contributed by atoms with Crippen LogP contribution in [0.15, 0.2) is 16.6 Å². The number of halogens is 4. The minimum atomic E-state index is -4.55. The van der Waals surface area contributed by atoms with Gasteiger partial charge in [-0.2, -0.15) is 13.2 Å². The number of rotatable bonds is 2. The van der Waals surface area contributed by atoms with Crippen LogP contribution in [0.25, 0.3) is 0 Å². The van der Waals surface area contributed by atoms with Crippen LogP contribution in [0.5, 0.6) is 0 Å². The molecule has 0 spiro atoms. The molecule has 0 radical (unpaired) electrons. The monoisotopic (exact) mass is 298 g/mol. The molecule has 0 aliphatic carbocycles. The molecule has 0 aromatic heterocycles. The summed E-state index contributed by atoms with van der Waals surface area (Å²) in [6, 6.07) is 1.35.